The Balaban J connectivity index is 0.000000268. The Kier molecular flexibility index (Phi) is 9.72. The van der Waals surface area contributed by atoms with E-state index in [1.54, 1.807) is 27.6 Å². The normalized spacial score (nSPS) is 15.7. The summed E-state index contributed by atoms with van der Waals surface area (Å²) >= 11 is 3.32. The predicted octanol–water partition coefficient (Wildman–Crippen LogP) is 5.00. The van der Waals surface area contributed by atoms with Crippen LogP contribution in [0.3, 0.4) is 0 Å². The lowest BCUT2D eigenvalue weighted by atomic mass is 10.2. The minimum Gasteiger partial charge on any atom is -0.444 e. The van der Waals surface area contributed by atoms with Crippen molar-refractivity contribution in [3.8, 4) is 10.6 Å². The van der Waals surface area contributed by atoms with Crippen LogP contribution >= 0.6 is 22.7 Å². The molecule has 1 fully saturated rings. The third kappa shape index (κ3) is 8.10. The predicted molar refractivity (Wildman–Crippen MR) is 121 cm³/mol. The lowest BCUT2D eigenvalue weighted by Gasteiger charge is -2.24. The Morgan fingerprint density at radius 2 is 1.97 bits per heavy atom. The second-order valence-electron chi connectivity index (χ2n) is 7.76. The Hall–Kier alpha value is -2.00. The van der Waals surface area contributed by atoms with Gasteiger partial charge in [0.05, 0.1) is 21.3 Å². The van der Waals surface area contributed by atoms with E-state index in [0.717, 1.165) is 41.0 Å². The summed E-state index contributed by atoms with van der Waals surface area (Å²) in [5, 5.41) is 7.14. The molecule has 1 aliphatic heterocycles. The number of hydrogen-bond acceptors (Lipinski definition) is 8. The van der Waals surface area contributed by atoms with E-state index in [1.165, 1.54) is 4.88 Å². The maximum absolute atomic E-state index is 11.5. The molecule has 29 heavy (non-hydrogen) atoms. The third-order valence-corrected chi connectivity index (χ3v) is 5.88. The number of aryl methyl sites for hydroxylation is 2. The molecule has 0 spiro atoms. The molecule has 1 amide bonds. The molecular weight excluding hydrogens is 408 g/mol. The zero-order chi connectivity index (χ0) is 22.2. The van der Waals surface area contributed by atoms with Crippen molar-refractivity contribution in [3.05, 3.63) is 16.1 Å². The number of nitrogens with zero attached hydrogens (tertiary/aromatic N) is 3. The number of thiazole rings is 2. The molecule has 1 aliphatic rings. The largest absolute Gasteiger partial charge is 0.444 e. The van der Waals surface area contributed by atoms with Crippen molar-refractivity contribution in [3.63, 3.8) is 0 Å². The number of anilines is 1. The van der Waals surface area contributed by atoms with Gasteiger partial charge in [-0.15, -0.1) is 22.7 Å². The molecule has 0 aliphatic carbocycles. The zero-order valence-electron chi connectivity index (χ0n) is 18.4. The van der Waals surface area contributed by atoms with Gasteiger partial charge in [-0.2, -0.15) is 0 Å². The van der Waals surface area contributed by atoms with Gasteiger partial charge in [0.2, 0.25) is 0 Å². The standard InChI is InChI=1S/C10H19NO2.C9H11N3S2.CH2O/c1-8-5-6-11(7-8)9(12)13-10(2,3)4;1-5-8(14-6(2)11-5)7-4-13-9(10-3)12-7;1-2/h8H,5-7H2,1-4H3;4H,1-3H3,(H,10,12);1H2/t8-;;/m0../s1. The second-order valence-corrected chi connectivity index (χ2v) is 9.82. The lowest BCUT2D eigenvalue weighted by Crippen LogP contribution is -2.35. The van der Waals surface area contributed by atoms with Crippen molar-refractivity contribution in [2.75, 3.05) is 25.5 Å². The van der Waals surface area contributed by atoms with Crippen LogP contribution in [0.4, 0.5) is 9.93 Å². The maximum Gasteiger partial charge on any atom is 0.410 e. The quantitative estimate of drug-likeness (QED) is 0.707. The zero-order valence-corrected chi connectivity index (χ0v) is 20.0. The molecule has 1 atom stereocenters. The molecule has 2 aromatic rings. The number of likely N-dealkylation sites (tertiary alicyclic amines) is 1. The highest BCUT2D eigenvalue weighted by Crippen LogP contribution is 2.31. The highest BCUT2D eigenvalue weighted by atomic mass is 32.1. The highest BCUT2D eigenvalue weighted by molar-refractivity contribution is 7.16. The van der Waals surface area contributed by atoms with Crippen LogP contribution in [-0.4, -0.2) is 53.5 Å². The van der Waals surface area contributed by atoms with Gasteiger partial charge in [-0.3, -0.25) is 0 Å². The van der Waals surface area contributed by atoms with Crippen molar-refractivity contribution >= 4 is 40.7 Å². The van der Waals surface area contributed by atoms with Crippen LogP contribution in [0.25, 0.3) is 10.6 Å². The van der Waals surface area contributed by atoms with Gasteiger partial charge < -0.3 is 19.7 Å². The Morgan fingerprint density at radius 1 is 1.31 bits per heavy atom. The molecule has 1 N–H and O–H groups in total. The fraction of sp³-hybridized carbons (Fsp3) is 0.600. The first-order chi connectivity index (χ1) is 13.6. The maximum atomic E-state index is 11.5. The first kappa shape index (κ1) is 25.0. The van der Waals surface area contributed by atoms with E-state index in [-0.39, 0.29) is 11.7 Å². The van der Waals surface area contributed by atoms with Gasteiger partial charge in [0.25, 0.3) is 0 Å². The fourth-order valence-electron chi connectivity index (χ4n) is 2.69. The van der Waals surface area contributed by atoms with Crippen LogP contribution in [0.2, 0.25) is 0 Å². The highest BCUT2D eigenvalue weighted by Gasteiger charge is 2.27. The molecular formula is C20H32N4O3S2. The van der Waals surface area contributed by atoms with Crippen LogP contribution in [0, 0.1) is 19.8 Å². The van der Waals surface area contributed by atoms with E-state index in [2.05, 4.69) is 27.6 Å². The number of ether oxygens (including phenoxy) is 1. The number of nitrogens with one attached hydrogen (secondary N) is 1. The van der Waals surface area contributed by atoms with E-state index in [0.29, 0.717) is 5.92 Å². The van der Waals surface area contributed by atoms with Crippen LogP contribution in [0.15, 0.2) is 5.38 Å². The van der Waals surface area contributed by atoms with E-state index in [1.807, 2.05) is 48.5 Å². The van der Waals surface area contributed by atoms with Gasteiger partial charge in [0.1, 0.15) is 12.4 Å². The molecule has 7 nitrogen and oxygen atoms in total. The van der Waals surface area contributed by atoms with E-state index >= 15 is 0 Å². The monoisotopic (exact) mass is 440 g/mol. The first-order valence-electron chi connectivity index (χ1n) is 9.43. The molecule has 2 aromatic heterocycles. The van der Waals surface area contributed by atoms with Gasteiger partial charge in [0.15, 0.2) is 5.13 Å². The van der Waals surface area contributed by atoms with Crippen LogP contribution in [0.1, 0.15) is 44.8 Å². The molecule has 162 valence electrons. The van der Waals surface area contributed by atoms with Gasteiger partial charge in [-0.1, -0.05) is 6.92 Å². The average Bonchev–Trinajstić information content (AvgIpc) is 3.35. The third-order valence-electron chi connectivity index (χ3n) is 3.93. The van der Waals surface area contributed by atoms with Crippen molar-refractivity contribution < 1.29 is 14.3 Å². The molecule has 0 saturated carbocycles. The molecule has 0 radical (unpaired) electrons. The molecule has 3 rings (SSSR count). The van der Waals surface area contributed by atoms with Crippen molar-refractivity contribution in [2.24, 2.45) is 5.92 Å². The second kappa shape index (κ2) is 11.3. The van der Waals surface area contributed by atoms with Crippen LogP contribution in [0.5, 0.6) is 0 Å². The number of rotatable bonds is 2. The summed E-state index contributed by atoms with van der Waals surface area (Å²) < 4.78 is 5.26. The fourth-order valence-corrected chi connectivity index (χ4v) is 4.31. The number of amides is 1. The topological polar surface area (TPSA) is 84.4 Å². The minimum absolute atomic E-state index is 0.170. The number of hydrogen-bond donors (Lipinski definition) is 1. The van der Waals surface area contributed by atoms with E-state index < -0.39 is 0 Å². The average molecular weight is 441 g/mol. The van der Waals surface area contributed by atoms with E-state index in [9.17, 15) is 4.79 Å². The molecule has 9 heteroatoms. The molecule has 3 heterocycles. The molecule has 1 saturated heterocycles. The number of carbonyl (C=O) groups is 2. The van der Waals surface area contributed by atoms with Crippen LogP contribution in [-0.2, 0) is 9.53 Å². The summed E-state index contributed by atoms with van der Waals surface area (Å²) in [4.78, 5) is 31.3. The van der Waals surface area contributed by atoms with Gasteiger partial charge in [-0.05, 0) is 47.0 Å². The summed E-state index contributed by atoms with van der Waals surface area (Å²) in [7, 11) is 1.88. The molecule has 0 aromatic carbocycles. The summed E-state index contributed by atoms with van der Waals surface area (Å²) in [5.74, 6) is 0.618. The first-order valence-corrected chi connectivity index (χ1v) is 11.1. The van der Waals surface area contributed by atoms with Crippen molar-refractivity contribution in [1.82, 2.24) is 14.9 Å². The summed E-state index contributed by atoms with van der Waals surface area (Å²) in [6.45, 7) is 15.6. The Morgan fingerprint density at radius 3 is 2.38 bits per heavy atom. The summed E-state index contributed by atoms with van der Waals surface area (Å²) in [6.07, 6.45) is 0.927. The van der Waals surface area contributed by atoms with Crippen LogP contribution < -0.4 is 5.32 Å². The Bertz CT molecular complexity index is 783. The van der Waals surface area contributed by atoms with E-state index in [4.69, 9.17) is 9.53 Å². The Labute approximate surface area is 181 Å². The number of carbonyl (C=O) groups excluding carboxylic acids is 2. The number of aromatic nitrogens is 2. The van der Waals surface area contributed by atoms with Crippen molar-refractivity contribution in [2.45, 2.75) is 53.6 Å². The summed E-state index contributed by atoms with van der Waals surface area (Å²) in [6, 6.07) is 0. The lowest BCUT2D eigenvalue weighted by molar-refractivity contribution is -0.0980. The minimum atomic E-state index is -0.372. The molecule has 0 unspecified atom stereocenters. The van der Waals surface area contributed by atoms with Gasteiger partial charge >= 0.3 is 6.09 Å². The molecule has 0 bridgehead atoms. The summed E-state index contributed by atoms with van der Waals surface area (Å²) in [5.41, 5.74) is 1.73. The SMILES string of the molecule is C=O.CNc1nc(-c2sc(C)nc2C)cs1.C[C@H]1CCN(C(=O)OC(C)(C)C)C1. The van der Waals surface area contributed by atoms with Crippen molar-refractivity contribution in [1.29, 1.82) is 0 Å². The van der Waals surface area contributed by atoms with Gasteiger partial charge in [0, 0.05) is 25.5 Å². The smallest absolute Gasteiger partial charge is 0.410 e. The van der Waals surface area contributed by atoms with Gasteiger partial charge in [-0.25, -0.2) is 14.8 Å².